The zero-order chi connectivity index (χ0) is 37.0. The third-order valence-corrected chi connectivity index (χ3v) is 9.27. The van der Waals surface area contributed by atoms with Crippen LogP contribution in [0, 0.1) is 19.7 Å². The van der Waals surface area contributed by atoms with Crippen LogP contribution in [0.4, 0.5) is 26.5 Å². The van der Waals surface area contributed by atoms with Crippen molar-refractivity contribution in [1.82, 2.24) is 19.8 Å². The van der Waals surface area contributed by atoms with Gasteiger partial charge in [-0.1, -0.05) is 30.7 Å². The molecule has 2 amide bonds. The number of benzene rings is 3. The monoisotopic (exact) mass is 712 g/mol. The van der Waals surface area contributed by atoms with E-state index in [0.717, 1.165) is 48.3 Å². The third kappa shape index (κ3) is 10.2. The Kier molecular flexibility index (Phi) is 13.4. The van der Waals surface area contributed by atoms with Gasteiger partial charge in [-0.15, -0.1) is 0 Å². The van der Waals surface area contributed by atoms with Crippen molar-refractivity contribution in [3.63, 3.8) is 0 Å². The van der Waals surface area contributed by atoms with Crippen molar-refractivity contribution < 1.29 is 28.2 Å². The summed E-state index contributed by atoms with van der Waals surface area (Å²) in [6.07, 6.45) is 3.97. The van der Waals surface area contributed by atoms with Crippen molar-refractivity contribution in [3.05, 3.63) is 83.2 Å². The molecule has 0 spiro atoms. The first-order chi connectivity index (χ1) is 25.2. The smallest absolute Gasteiger partial charge is 0.418 e. The number of nitrogens with one attached hydrogen (secondary N) is 2. The molecule has 52 heavy (non-hydrogen) atoms. The van der Waals surface area contributed by atoms with E-state index in [-0.39, 0.29) is 29.9 Å². The van der Waals surface area contributed by atoms with Gasteiger partial charge < -0.3 is 29.3 Å². The van der Waals surface area contributed by atoms with Gasteiger partial charge in [-0.2, -0.15) is 4.98 Å². The van der Waals surface area contributed by atoms with E-state index in [2.05, 4.69) is 20.5 Å². The first-order valence-electron chi connectivity index (χ1n) is 18.0. The largest absolute Gasteiger partial charge is 0.495 e. The van der Waals surface area contributed by atoms with Gasteiger partial charge in [0.1, 0.15) is 5.75 Å². The Morgan fingerprint density at radius 2 is 1.73 bits per heavy atom. The number of anilines is 3. The number of hydrogen-bond donors (Lipinski definition) is 2. The minimum absolute atomic E-state index is 0.00517. The second kappa shape index (κ2) is 18.3. The normalized spacial score (nSPS) is 13.0. The summed E-state index contributed by atoms with van der Waals surface area (Å²) in [5, 5.41) is 5.77. The van der Waals surface area contributed by atoms with Crippen LogP contribution in [0.2, 0.25) is 0 Å². The van der Waals surface area contributed by atoms with Gasteiger partial charge in [0.25, 0.3) is 0 Å². The van der Waals surface area contributed by atoms with Gasteiger partial charge in [-0.05, 0) is 101 Å². The van der Waals surface area contributed by atoms with Crippen LogP contribution >= 0.6 is 0 Å². The van der Waals surface area contributed by atoms with E-state index in [1.165, 1.54) is 32.4 Å². The second-order valence-corrected chi connectivity index (χ2v) is 12.8. The highest BCUT2D eigenvalue weighted by Crippen LogP contribution is 2.31. The number of halogens is 1. The molecule has 5 rings (SSSR count). The van der Waals surface area contributed by atoms with Crippen molar-refractivity contribution >= 4 is 29.3 Å². The number of likely N-dealkylation sites (N-methyl/N-ethyl adjacent to an activating group) is 1. The van der Waals surface area contributed by atoms with Crippen LogP contribution < -0.4 is 24.8 Å². The number of rotatable bonds is 15. The molecular formula is C40H49FN6O5. The van der Waals surface area contributed by atoms with E-state index in [9.17, 15) is 9.59 Å². The molecule has 12 heteroatoms. The maximum Gasteiger partial charge on any atom is 0.418 e. The molecule has 11 nitrogen and oxygen atoms in total. The molecule has 0 radical (unpaired) electrons. The lowest BCUT2D eigenvalue weighted by Gasteiger charge is -2.26. The summed E-state index contributed by atoms with van der Waals surface area (Å²) < 4.78 is 32.1. The summed E-state index contributed by atoms with van der Waals surface area (Å²) in [4.78, 5) is 39.1. The van der Waals surface area contributed by atoms with Crippen molar-refractivity contribution in [3.8, 4) is 28.6 Å². The molecule has 0 aliphatic carbocycles. The minimum Gasteiger partial charge on any atom is -0.495 e. The van der Waals surface area contributed by atoms with Gasteiger partial charge in [-0.25, -0.2) is 14.2 Å². The molecular weight excluding hydrogens is 663 g/mol. The SMILES string of the molecule is CCN(CC)C(=O)Cc1ccc(NC(=O)Oc2cc(-c3cccc(C)c3C)nc(Nc3ccc(OCCCN4CCCCC4)c(F)c3)n2)c(OC)c1. The number of hydrogen-bond acceptors (Lipinski definition) is 9. The van der Waals surface area contributed by atoms with E-state index < -0.39 is 11.9 Å². The van der Waals surface area contributed by atoms with E-state index in [1.54, 1.807) is 41.3 Å². The summed E-state index contributed by atoms with van der Waals surface area (Å²) in [5.41, 5.74) is 4.91. The Balaban J connectivity index is 1.30. The van der Waals surface area contributed by atoms with Gasteiger partial charge in [0, 0.05) is 43.0 Å². The average molecular weight is 713 g/mol. The summed E-state index contributed by atoms with van der Waals surface area (Å²) >= 11 is 0. The maximum atomic E-state index is 15.1. The van der Waals surface area contributed by atoms with E-state index in [0.29, 0.717) is 42.5 Å². The Morgan fingerprint density at radius 3 is 2.46 bits per heavy atom. The molecule has 1 aromatic heterocycles. The quantitative estimate of drug-likeness (QED) is 0.119. The molecule has 0 bridgehead atoms. The molecule has 4 aromatic rings. The van der Waals surface area contributed by atoms with Crippen LogP contribution in [-0.2, 0) is 11.2 Å². The van der Waals surface area contributed by atoms with Crippen molar-refractivity contribution in [2.45, 2.75) is 59.8 Å². The number of piperidine rings is 1. The molecule has 2 N–H and O–H groups in total. The molecule has 3 aromatic carbocycles. The minimum atomic E-state index is -0.810. The van der Waals surface area contributed by atoms with Crippen LogP contribution in [0.25, 0.3) is 11.3 Å². The average Bonchev–Trinajstić information content (AvgIpc) is 3.13. The number of likely N-dealkylation sites (tertiary alicyclic amines) is 1. The van der Waals surface area contributed by atoms with Crippen LogP contribution in [-0.4, -0.2) is 78.2 Å². The first-order valence-corrected chi connectivity index (χ1v) is 18.0. The number of aryl methyl sites for hydroxylation is 1. The van der Waals surface area contributed by atoms with Gasteiger partial charge in [0.05, 0.1) is 31.5 Å². The zero-order valence-electron chi connectivity index (χ0n) is 30.8. The summed E-state index contributed by atoms with van der Waals surface area (Å²) in [6.45, 7) is 12.7. The van der Waals surface area contributed by atoms with Crippen molar-refractivity contribution in [1.29, 1.82) is 0 Å². The highest BCUT2D eigenvalue weighted by Gasteiger charge is 2.18. The van der Waals surface area contributed by atoms with Crippen LogP contribution in [0.3, 0.4) is 0 Å². The summed E-state index contributed by atoms with van der Waals surface area (Å²) in [5.74, 6) is 0.122. The fourth-order valence-electron chi connectivity index (χ4n) is 6.22. The van der Waals surface area contributed by atoms with Gasteiger partial charge >= 0.3 is 6.09 Å². The van der Waals surface area contributed by atoms with Crippen molar-refractivity contribution in [2.24, 2.45) is 0 Å². The lowest BCUT2D eigenvalue weighted by molar-refractivity contribution is -0.130. The fraction of sp³-hybridized carbons (Fsp3) is 0.400. The van der Waals surface area contributed by atoms with Gasteiger partial charge in [0.15, 0.2) is 11.6 Å². The predicted octanol–water partition coefficient (Wildman–Crippen LogP) is 7.93. The van der Waals surface area contributed by atoms with Crippen LogP contribution in [0.5, 0.6) is 17.4 Å². The molecule has 1 aliphatic heterocycles. The lowest BCUT2D eigenvalue weighted by atomic mass is 10.0. The Morgan fingerprint density at radius 1 is 0.942 bits per heavy atom. The number of ether oxygens (including phenoxy) is 3. The molecule has 1 saturated heterocycles. The molecule has 1 aliphatic rings. The van der Waals surface area contributed by atoms with Crippen LogP contribution in [0.15, 0.2) is 60.7 Å². The standard InChI is InChI=1S/C40H49FN6O5/c1-6-47(7-2)38(48)24-29-15-17-33(36(23-29)50-5)44-40(49)52-37-26-34(31-14-11-13-27(3)28(31)4)43-39(45-37)42-30-16-18-35(32(41)25-30)51-22-12-21-46-19-9-8-10-20-46/h11,13-18,23,25-26H,6-10,12,19-22,24H2,1-5H3,(H,44,49)(H,42,43,45). The van der Waals surface area contributed by atoms with Gasteiger partial charge in [-0.3, -0.25) is 10.1 Å². The summed E-state index contributed by atoms with van der Waals surface area (Å²) in [6, 6.07) is 17.2. The molecule has 0 unspecified atom stereocenters. The number of nitrogens with zero attached hydrogens (tertiary/aromatic N) is 4. The number of amides is 2. The molecule has 2 heterocycles. The second-order valence-electron chi connectivity index (χ2n) is 12.8. The van der Waals surface area contributed by atoms with E-state index in [4.69, 9.17) is 19.2 Å². The highest BCUT2D eigenvalue weighted by molar-refractivity contribution is 5.88. The van der Waals surface area contributed by atoms with E-state index in [1.807, 2.05) is 45.9 Å². The fourth-order valence-corrected chi connectivity index (χ4v) is 6.22. The summed E-state index contributed by atoms with van der Waals surface area (Å²) in [7, 11) is 1.48. The molecule has 0 atom stereocenters. The van der Waals surface area contributed by atoms with Crippen LogP contribution in [0.1, 0.15) is 56.2 Å². The Bertz CT molecular complexity index is 1840. The number of methoxy groups -OCH3 is 1. The number of aromatic nitrogens is 2. The highest BCUT2D eigenvalue weighted by atomic mass is 19.1. The third-order valence-electron chi connectivity index (χ3n) is 9.27. The zero-order valence-corrected chi connectivity index (χ0v) is 30.8. The molecule has 1 fully saturated rings. The Labute approximate surface area is 305 Å². The Hall–Kier alpha value is -5.23. The maximum absolute atomic E-state index is 15.1. The predicted molar refractivity (Wildman–Crippen MR) is 201 cm³/mol. The first kappa shape index (κ1) is 38.0. The lowest BCUT2D eigenvalue weighted by Crippen LogP contribution is -2.31. The van der Waals surface area contributed by atoms with E-state index >= 15 is 4.39 Å². The topological polar surface area (TPSA) is 118 Å². The molecule has 276 valence electrons. The molecule has 0 saturated carbocycles. The number of carbonyl (C=O) groups is 2. The number of carbonyl (C=O) groups excluding carboxylic acids is 2. The van der Waals surface area contributed by atoms with Crippen molar-refractivity contribution in [2.75, 3.05) is 57.1 Å². The van der Waals surface area contributed by atoms with Gasteiger partial charge in [0.2, 0.25) is 17.7 Å².